The van der Waals surface area contributed by atoms with Crippen LogP contribution in [0.1, 0.15) is 70.3 Å². The molecule has 0 spiro atoms. The highest BCUT2D eigenvalue weighted by atomic mass is 32.1. The highest BCUT2D eigenvalue weighted by molar-refractivity contribution is 7.18. The molecule has 0 saturated heterocycles. The molecule has 2 N–H and O–H groups in total. The van der Waals surface area contributed by atoms with Gasteiger partial charge in [-0.05, 0) is 44.2 Å². The Bertz CT molecular complexity index is 964. The molecule has 2 saturated carbocycles. The van der Waals surface area contributed by atoms with E-state index in [-0.39, 0.29) is 35.5 Å². The molecule has 0 bridgehead atoms. The van der Waals surface area contributed by atoms with Crippen molar-refractivity contribution in [3.8, 4) is 0 Å². The van der Waals surface area contributed by atoms with Gasteiger partial charge < -0.3 is 15.4 Å². The van der Waals surface area contributed by atoms with Crippen LogP contribution < -0.4 is 10.6 Å². The molecule has 2 aromatic rings. The third-order valence-electron chi connectivity index (χ3n) is 5.61. The van der Waals surface area contributed by atoms with Gasteiger partial charge >= 0.3 is 5.97 Å². The Morgan fingerprint density at radius 3 is 2.70 bits per heavy atom. The first-order valence-electron chi connectivity index (χ1n) is 10.2. The average molecular weight is 432 g/mol. The second kappa shape index (κ2) is 8.55. The molecule has 2 heterocycles. The lowest BCUT2D eigenvalue weighted by molar-refractivity contribution is -0.117. The number of anilines is 1. The van der Waals surface area contributed by atoms with Crippen LogP contribution in [0.3, 0.4) is 0 Å². The number of hydrogen-bond donors (Lipinski definition) is 2. The minimum Gasteiger partial charge on any atom is -0.464 e. The molecule has 0 unspecified atom stereocenters. The van der Waals surface area contributed by atoms with Gasteiger partial charge in [-0.15, -0.1) is 16.4 Å². The molecular formula is C20H25N5O4S. The topological polar surface area (TPSA) is 115 Å². The number of rotatable bonds is 6. The standard InChI is InChI=1S/C20H25N5O4S/c1-11-9-16(22-18(26)12-7-8-12)30-17(11)19(27)21-13-5-3-4-6-15(13)25-10-14(23-24-25)20(28)29-2/h9-10,12-13,15H,3-8H2,1-2H3,(H,21,27)(H,22,26)/t13-,15-/m1/s1. The SMILES string of the molecule is COC(=O)c1cn([C@@H]2CCCC[C@H]2NC(=O)c2sc(NC(=O)C3CC3)cc2C)nn1. The molecule has 160 valence electrons. The fourth-order valence-electron chi connectivity index (χ4n) is 3.81. The lowest BCUT2D eigenvalue weighted by atomic mass is 9.90. The Kier molecular flexibility index (Phi) is 5.85. The van der Waals surface area contributed by atoms with Gasteiger partial charge in [0, 0.05) is 5.92 Å². The summed E-state index contributed by atoms with van der Waals surface area (Å²) in [7, 11) is 1.30. The molecule has 0 aromatic carbocycles. The molecule has 2 aliphatic carbocycles. The molecule has 10 heteroatoms. The molecule has 4 rings (SSSR count). The smallest absolute Gasteiger partial charge is 0.360 e. The Morgan fingerprint density at radius 1 is 1.20 bits per heavy atom. The van der Waals surface area contributed by atoms with E-state index in [2.05, 4.69) is 20.9 Å². The maximum atomic E-state index is 13.0. The predicted octanol–water partition coefficient (Wildman–Crippen LogP) is 2.70. The Balaban J connectivity index is 1.45. The van der Waals surface area contributed by atoms with Crippen LogP contribution in [0, 0.1) is 12.8 Å². The van der Waals surface area contributed by atoms with Crippen molar-refractivity contribution in [2.75, 3.05) is 12.4 Å². The van der Waals surface area contributed by atoms with Crippen molar-refractivity contribution in [2.24, 2.45) is 5.92 Å². The maximum Gasteiger partial charge on any atom is 0.360 e. The van der Waals surface area contributed by atoms with E-state index in [9.17, 15) is 14.4 Å². The van der Waals surface area contributed by atoms with Crippen molar-refractivity contribution in [3.63, 3.8) is 0 Å². The highest BCUT2D eigenvalue weighted by Crippen LogP contribution is 2.33. The summed E-state index contributed by atoms with van der Waals surface area (Å²) >= 11 is 1.30. The van der Waals surface area contributed by atoms with Crippen LogP contribution in [0.4, 0.5) is 5.00 Å². The van der Waals surface area contributed by atoms with Gasteiger partial charge in [0.05, 0.1) is 35.3 Å². The Hall–Kier alpha value is -2.75. The molecule has 2 aromatic heterocycles. The van der Waals surface area contributed by atoms with Crippen LogP contribution in [-0.2, 0) is 9.53 Å². The quantitative estimate of drug-likeness (QED) is 0.680. The van der Waals surface area contributed by atoms with Crippen LogP contribution in [0.25, 0.3) is 0 Å². The summed E-state index contributed by atoms with van der Waals surface area (Å²) in [4.78, 5) is 37.3. The summed E-state index contributed by atoms with van der Waals surface area (Å²) in [6, 6.07) is 1.64. The molecule has 0 radical (unpaired) electrons. The molecule has 9 nitrogen and oxygen atoms in total. The summed E-state index contributed by atoms with van der Waals surface area (Å²) in [5, 5.41) is 14.7. The minimum atomic E-state index is -0.535. The number of carbonyl (C=O) groups is 3. The summed E-state index contributed by atoms with van der Waals surface area (Å²) < 4.78 is 6.35. The lowest BCUT2D eigenvalue weighted by Gasteiger charge is -2.31. The van der Waals surface area contributed by atoms with Crippen LogP contribution in [0.5, 0.6) is 0 Å². The van der Waals surface area contributed by atoms with E-state index in [4.69, 9.17) is 4.74 Å². The second-order valence-corrected chi connectivity index (χ2v) is 8.95. The van der Waals surface area contributed by atoms with E-state index in [1.54, 1.807) is 10.9 Å². The molecular weight excluding hydrogens is 406 g/mol. The third-order valence-corrected chi connectivity index (χ3v) is 6.76. The van der Waals surface area contributed by atoms with E-state index >= 15 is 0 Å². The molecule has 2 amide bonds. The molecule has 2 fully saturated rings. The Labute approximate surface area is 178 Å². The third kappa shape index (κ3) is 4.38. The van der Waals surface area contributed by atoms with Gasteiger partial charge in [-0.2, -0.15) is 0 Å². The van der Waals surface area contributed by atoms with Crippen LogP contribution in [0.2, 0.25) is 0 Å². The number of aryl methyl sites for hydroxylation is 1. The summed E-state index contributed by atoms with van der Waals surface area (Å²) in [6.45, 7) is 1.87. The van der Waals surface area contributed by atoms with Gasteiger partial charge in [0.2, 0.25) is 5.91 Å². The van der Waals surface area contributed by atoms with Gasteiger partial charge in [0.15, 0.2) is 5.69 Å². The zero-order valence-corrected chi connectivity index (χ0v) is 17.8. The summed E-state index contributed by atoms with van der Waals surface area (Å²) in [5.74, 6) is -0.546. The van der Waals surface area contributed by atoms with Gasteiger partial charge in [-0.1, -0.05) is 18.1 Å². The van der Waals surface area contributed by atoms with Gasteiger partial charge in [0.1, 0.15) is 0 Å². The molecule has 0 aliphatic heterocycles. The van der Waals surface area contributed by atoms with Crippen LogP contribution in [0.15, 0.2) is 12.3 Å². The predicted molar refractivity (Wildman–Crippen MR) is 111 cm³/mol. The molecule has 30 heavy (non-hydrogen) atoms. The Morgan fingerprint density at radius 2 is 1.97 bits per heavy atom. The van der Waals surface area contributed by atoms with Crippen molar-refractivity contribution in [1.29, 1.82) is 0 Å². The number of ether oxygens (including phenoxy) is 1. The zero-order chi connectivity index (χ0) is 21.3. The van der Waals surface area contributed by atoms with Crippen molar-refractivity contribution in [3.05, 3.63) is 28.4 Å². The first-order chi connectivity index (χ1) is 14.5. The van der Waals surface area contributed by atoms with E-state index in [0.29, 0.717) is 9.88 Å². The van der Waals surface area contributed by atoms with Crippen LogP contribution in [-0.4, -0.2) is 45.9 Å². The van der Waals surface area contributed by atoms with Gasteiger partial charge in [-0.25, -0.2) is 9.48 Å². The van der Waals surface area contributed by atoms with Crippen molar-refractivity contribution in [1.82, 2.24) is 20.3 Å². The fourth-order valence-corrected chi connectivity index (χ4v) is 4.78. The number of hydrogen-bond acceptors (Lipinski definition) is 7. The van der Waals surface area contributed by atoms with E-state index < -0.39 is 5.97 Å². The molecule has 2 aliphatic rings. The molecule has 2 atom stereocenters. The minimum absolute atomic E-state index is 0.0307. The number of nitrogens with zero attached hydrogens (tertiary/aromatic N) is 3. The first-order valence-corrected chi connectivity index (χ1v) is 11.0. The summed E-state index contributed by atoms with van der Waals surface area (Å²) in [6.07, 6.45) is 7.12. The van der Waals surface area contributed by atoms with Gasteiger partial charge in [0.25, 0.3) is 5.91 Å². The first kappa shape index (κ1) is 20.5. The van der Waals surface area contributed by atoms with E-state index in [1.165, 1.54) is 18.4 Å². The van der Waals surface area contributed by atoms with E-state index in [0.717, 1.165) is 44.1 Å². The van der Waals surface area contributed by atoms with Crippen molar-refractivity contribution >= 4 is 34.1 Å². The number of methoxy groups -OCH3 is 1. The maximum absolute atomic E-state index is 13.0. The number of carbonyl (C=O) groups excluding carboxylic acids is 3. The number of thiophene rings is 1. The zero-order valence-electron chi connectivity index (χ0n) is 17.0. The fraction of sp³-hybridized carbons (Fsp3) is 0.550. The van der Waals surface area contributed by atoms with Crippen molar-refractivity contribution in [2.45, 2.75) is 57.5 Å². The monoisotopic (exact) mass is 431 g/mol. The number of esters is 1. The largest absolute Gasteiger partial charge is 0.464 e. The van der Waals surface area contributed by atoms with E-state index in [1.807, 2.05) is 13.0 Å². The number of nitrogens with one attached hydrogen (secondary N) is 2. The number of aromatic nitrogens is 3. The highest BCUT2D eigenvalue weighted by Gasteiger charge is 2.32. The second-order valence-electron chi connectivity index (χ2n) is 7.89. The number of amides is 2. The normalized spacial score (nSPS) is 21.1. The van der Waals surface area contributed by atoms with Gasteiger partial charge in [-0.3, -0.25) is 9.59 Å². The summed E-state index contributed by atoms with van der Waals surface area (Å²) in [5.41, 5.74) is 0.989. The lowest BCUT2D eigenvalue weighted by Crippen LogP contribution is -2.43. The van der Waals surface area contributed by atoms with Crippen LogP contribution >= 0.6 is 11.3 Å². The van der Waals surface area contributed by atoms with Crippen molar-refractivity contribution < 1.29 is 19.1 Å². The average Bonchev–Trinajstić information content (AvgIpc) is 3.37.